The molecule has 1 aliphatic heterocycles. The van der Waals surface area contributed by atoms with Crippen LogP contribution in [0.1, 0.15) is 30.1 Å². The van der Waals surface area contributed by atoms with Crippen LogP contribution in [-0.2, 0) is 0 Å². The molecule has 1 heterocycles. The Balaban J connectivity index is 0.00000180. The molecule has 1 aromatic rings. The molecule has 1 unspecified atom stereocenters. The number of hydrogen-bond donors (Lipinski definition) is 1. The molecule has 1 aliphatic rings. The zero-order valence-electron chi connectivity index (χ0n) is 11.0. The van der Waals surface area contributed by atoms with Crippen molar-refractivity contribution < 1.29 is 4.79 Å². The van der Waals surface area contributed by atoms with Crippen molar-refractivity contribution in [2.45, 2.75) is 25.8 Å². The molecule has 0 spiro atoms. The van der Waals surface area contributed by atoms with Gasteiger partial charge in [0.1, 0.15) is 0 Å². The van der Waals surface area contributed by atoms with E-state index in [-0.39, 0.29) is 24.4 Å². The third-order valence-electron chi connectivity index (χ3n) is 3.64. The van der Waals surface area contributed by atoms with E-state index >= 15 is 0 Å². The van der Waals surface area contributed by atoms with Crippen LogP contribution in [0.15, 0.2) is 24.3 Å². The molecule has 0 bridgehead atoms. The second-order valence-electron chi connectivity index (χ2n) is 5.00. The van der Waals surface area contributed by atoms with E-state index in [1.54, 1.807) is 0 Å². The predicted octanol–water partition coefficient (Wildman–Crippen LogP) is 2.91. The molecule has 0 saturated carbocycles. The standard InChI is InChI=1S/C14H19IN2O.ClH/c1-10(16)11-5-7-17(8-6-11)14(18)12-3-2-4-13(15)9-12;/h2-4,9-11H,5-8,16H2,1H3;1H. The summed E-state index contributed by atoms with van der Waals surface area (Å²) in [5.74, 6) is 0.710. The number of nitrogens with zero attached hydrogens (tertiary/aromatic N) is 1. The monoisotopic (exact) mass is 394 g/mol. The first-order valence-corrected chi connectivity index (χ1v) is 7.46. The maximum Gasteiger partial charge on any atom is 0.253 e. The molecule has 1 fully saturated rings. The summed E-state index contributed by atoms with van der Waals surface area (Å²) in [6.45, 7) is 3.72. The van der Waals surface area contributed by atoms with E-state index in [1.807, 2.05) is 29.2 Å². The summed E-state index contributed by atoms with van der Waals surface area (Å²) in [6, 6.07) is 8.01. The number of hydrogen-bond acceptors (Lipinski definition) is 2. The second-order valence-corrected chi connectivity index (χ2v) is 6.24. The van der Waals surface area contributed by atoms with Crippen molar-refractivity contribution in [3.63, 3.8) is 0 Å². The Morgan fingerprint density at radius 2 is 2.05 bits per heavy atom. The zero-order chi connectivity index (χ0) is 13.1. The Morgan fingerprint density at radius 1 is 1.42 bits per heavy atom. The molecule has 0 aliphatic carbocycles. The lowest BCUT2D eigenvalue weighted by atomic mass is 9.90. The van der Waals surface area contributed by atoms with Crippen LogP contribution in [0.4, 0.5) is 0 Å². The van der Waals surface area contributed by atoms with E-state index < -0.39 is 0 Å². The number of carbonyl (C=O) groups is 1. The minimum atomic E-state index is 0. The first kappa shape index (κ1) is 16.7. The molecule has 1 atom stereocenters. The quantitative estimate of drug-likeness (QED) is 0.784. The summed E-state index contributed by atoms with van der Waals surface area (Å²) in [4.78, 5) is 14.3. The van der Waals surface area contributed by atoms with Gasteiger partial charge < -0.3 is 10.6 Å². The largest absolute Gasteiger partial charge is 0.339 e. The van der Waals surface area contributed by atoms with Gasteiger partial charge in [-0.2, -0.15) is 0 Å². The Kier molecular flexibility index (Phi) is 6.56. The fraction of sp³-hybridized carbons (Fsp3) is 0.500. The molecule has 2 rings (SSSR count). The fourth-order valence-electron chi connectivity index (χ4n) is 2.43. The fourth-order valence-corrected chi connectivity index (χ4v) is 2.98. The third-order valence-corrected chi connectivity index (χ3v) is 4.31. The van der Waals surface area contributed by atoms with Gasteiger partial charge in [0.05, 0.1) is 0 Å². The number of carbonyl (C=O) groups excluding carboxylic acids is 1. The average Bonchev–Trinajstić information content (AvgIpc) is 2.38. The van der Waals surface area contributed by atoms with Gasteiger partial charge in [-0.25, -0.2) is 0 Å². The lowest BCUT2D eigenvalue weighted by molar-refractivity contribution is 0.0681. The van der Waals surface area contributed by atoms with Gasteiger partial charge in [-0.15, -0.1) is 12.4 Å². The van der Waals surface area contributed by atoms with Crippen LogP contribution in [-0.4, -0.2) is 29.9 Å². The van der Waals surface area contributed by atoms with Crippen molar-refractivity contribution in [2.75, 3.05) is 13.1 Å². The van der Waals surface area contributed by atoms with Crippen molar-refractivity contribution in [1.29, 1.82) is 0 Å². The van der Waals surface area contributed by atoms with Crippen molar-refractivity contribution in [1.82, 2.24) is 4.90 Å². The Bertz CT molecular complexity index is 431. The number of halogens is 2. The van der Waals surface area contributed by atoms with Gasteiger partial charge in [-0.1, -0.05) is 6.07 Å². The Morgan fingerprint density at radius 3 is 2.58 bits per heavy atom. The zero-order valence-corrected chi connectivity index (χ0v) is 14.0. The van der Waals surface area contributed by atoms with Crippen LogP contribution in [0, 0.1) is 9.49 Å². The number of rotatable bonds is 2. The number of benzene rings is 1. The van der Waals surface area contributed by atoms with Crippen LogP contribution in [0.25, 0.3) is 0 Å². The molecular formula is C14H20ClIN2O. The molecular weight excluding hydrogens is 375 g/mol. The van der Waals surface area contributed by atoms with E-state index in [9.17, 15) is 4.79 Å². The molecule has 0 radical (unpaired) electrons. The van der Waals surface area contributed by atoms with Crippen molar-refractivity contribution in [2.24, 2.45) is 11.7 Å². The van der Waals surface area contributed by atoms with Crippen LogP contribution in [0.2, 0.25) is 0 Å². The van der Waals surface area contributed by atoms with Gasteiger partial charge in [0.2, 0.25) is 0 Å². The lowest BCUT2D eigenvalue weighted by Gasteiger charge is -2.33. The summed E-state index contributed by atoms with van der Waals surface area (Å²) in [7, 11) is 0. The summed E-state index contributed by atoms with van der Waals surface area (Å²) >= 11 is 2.23. The van der Waals surface area contributed by atoms with Gasteiger partial charge in [-0.05, 0) is 66.5 Å². The first-order valence-electron chi connectivity index (χ1n) is 6.38. The number of piperidine rings is 1. The van der Waals surface area contributed by atoms with Crippen LogP contribution in [0.5, 0.6) is 0 Å². The highest BCUT2D eigenvalue weighted by Gasteiger charge is 2.25. The molecule has 1 saturated heterocycles. The van der Waals surface area contributed by atoms with E-state index in [1.165, 1.54) is 0 Å². The number of nitrogens with two attached hydrogens (primary N) is 1. The first-order chi connectivity index (χ1) is 8.58. The molecule has 106 valence electrons. The SMILES string of the molecule is CC(N)C1CCN(C(=O)c2cccc(I)c2)CC1.Cl. The molecule has 5 heteroatoms. The van der Waals surface area contributed by atoms with Gasteiger partial charge in [0.15, 0.2) is 0 Å². The average molecular weight is 395 g/mol. The third kappa shape index (κ3) is 4.33. The van der Waals surface area contributed by atoms with E-state index in [0.717, 1.165) is 35.1 Å². The number of amides is 1. The summed E-state index contributed by atoms with van der Waals surface area (Å²) in [5, 5.41) is 0. The summed E-state index contributed by atoms with van der Waals surface area (Å²) < 4.78 is 1.10. The second kappa shape index (κ2) is 7.45. The maximum absolute atomic E-state index is 12.3. The highest BCUT2D eigenvalue weighted by molar-refractivity contribution is 14.1. The highest BCUT2D eigenvalue weighted by Crippen LogP contribution is 2.21. The maximum atomic E-state index is 12.3. The van der Waals surface area contributed by atoms with Crippen molar-refractivity contribution in [3.8, 4) is 0 Å². The highest BCUT2D eigenvalue weighted by atomic mass is 127. The number of likely N-dealkylation sites (tertiary alicyclic amines) is 1. The molecule has 1 aromatic carbocycles. The molecule has 3 nitrogen and oxygen atoms in total. The molecule has 1 amide bonds. The van der Waals surface area contributed by atoms with Gasteiger partial charge in [0, 0.05) is 28.3 Å². The van der Waals surface area contributed by atoms with Crippen molar-refractivity contribution >= 4 is 40.9 Å². The van der Waals surface area contributed by atoms with Crippen LogP contribution in [0.3, 0.4) is 0 Å². The van der Waals surface area contributed by atoms with Gasteiger partial charge in [0.25, 0.3) is 5.91 Å². The molecule has 19 heavy (non-hydrogen) atoms. The van der Waals surface area contributed by atoms with Crippen LogP contribution < -0.4 is 5.73 Å². The van der Waals surface area contributed by atoms with Crippen LogP contribution >= 0.6 is 35.0 Å². The topological polar surface area (TPSA) is 46.3 Å². The van der Waals surface area contributed by atoms with E-state index in [0.29, 0.717) is 5.92 Å². The minimum Gasteiger partial charge on any atom is -0.339 e. The predicted molar refractivity (Wildman–Crippen MR) is 88.7 cm³/mol. The van der Waals surface area contributed by atoms with Gasteiger partial charge >= 0.3 is 0 Å². The summed E-state index contributed by atoms with van der Waals surface area (Å²) in [5.41, 5.74) is 6.71. The molecule has 2 N–H and O–H groups in total. The Hall–Kier alpha value is -0.330. The molecule has 0 aromatic heterocycles. The van der Waals surface area contributed by atoms with E-state index in [4.69, 9.17) is 5.73 Å². The Labute approximate surface area is 134 Å². The normalized spacial score (nSPS) is 17.7. The van der Waals surface area contributed by atoms with Crippen molar-refractivity contribution in [3.05, 3.63) is 33.4 Å². The smallest absolute Gasteiger partial charge is 0.253 e. The minimum absolute atomic E-state index is 0. The summed E-state index contributed by atoms with van der Waals surface area (Å²) in [6.07, 6.45) is 2.04. The van der Waals surface area contributed by atoms with E-state index in [2.05, 4.69) is 29.5 Å². The lowest BCUT2D eigenvalue weighted by Crippen LogP contribution is -2.42. The van der Waals surface area contributed by atoms with Gasteiger partial charge in [-0.3, -0.25) is 4.79 Å².